The molecule has 0 N–H and O–H groups in total. The molecular formula is C22H22F2N2O6S. The SMILES string of the molecule is O=C(/C=C/c1ccccc1OC(F)F)N1CCN(S(=O)(=O)c2ccc3c(c2)OCCO3)CC1. The molecule has 0 radical (unpaired) electrons. The monoisotopic (exact) mass is 480 g/mol. The average molecular weight is 480 g/mol. The highest BCUT2D eigenvalue weighted by atomic mass is 32.2. The predicted molar refractivity (Wildman–Crippen MR) is 115 cm³/mol. The van der Waals surface area contributed by atoms with E-state index in [9.17, 15) is 22.0 Å². The van der Waals surface area contributed by atoms with Crippen LogP contribution in [-0.2, 0) is 14.8 Å². The van der Waals surface area contributed by atoms with Gasteiger partial charge in [0.15, 0.2) is 11.5 Å². The molecular weight excluding hydrogens is 458 g/mol. The quantitative estimate of drug-likeness (QED) is 0.591. The van der Waals surface area contributed by atoms with Crippen LogP contribution in [0.1, 0.15) is 5.56 Å². The van der Waals surface area contributed by atoms with E-state index in [4.69, 9.17) is 9.47 Å². The lowest BCUT2D eigenvalue weighted by Crippen LogP contribution is -2.50. The number of amides is 1. The normalized spacial score (nSPS) is 16.9. The summed E-state index contributed by atoms with van der Waals surface area (Å²) < 4.78 is 67.8. The lowest BCUT2D eigenvalue weighted by molar-refractivity contribution is -0.127. The van der Waals surface area contributed by atoms with Gasteiger partial charge in [-0.25, -0.2) is 8.42 Å². The van der Waals surface area contributed by atoms with E-state index in [-0.39, 0.29) is 42.7 Å². The molecule has 4 rings (SSSR count). The number of carbonyl (C=O) groups excluding carboxylic acids is 1. The first-order valence-electron chi connectivity index (χ1n) is 10.3. The summed E-state index contributed by atoms with van der Waals surface area (Å²) >= 11 is 0. The third-order valence-electron chi connectivity index (χ3n) is 5.24. The molecule has 0 aliphatic carbocycles. The Morgan fingerprint density at radius 2 is 1.70 bits per heavy atom. The molecule has 0 atom stereocenters. The molecule has 2 heterocycles. The van der Waals surface area contributed by atoms with Gasteiger partial charge in [-0.05, 0) is 24.3 Å². The van der Waals surface area contributed by atoms with Gasteiger partial charge in [-0.1, -0.05) is 18.2 Å². The molecule has 2 aliphatic rings. The van der Waals surface area contributed by atoms with Crippen LogP contribution in [0.2, 0.25) is 0 Å². The summed E-state index contributed by atoms with van der Waals surface area (Å²) in [5.74, 6) is 0.505. The molecule has 2 aromatic carbocycles. The zero-order chi connectivity index (χ0) is 23.4. The van der Waals surface area contributed by atoms with Crippen molar-refractivity contribution in [1.82, 2.24) is 9.21 Å². The van der Waals surface area contributed by atoms with Gasteiger partial charge in [0.1, 0.15) is 19.0 Å². The molecule has 2 aliphatic heterocycles. The topological polar surface area (TPSA) is 85.4 Å². The molecule has 33 heavy (non-hydrogen) atoms. The Morgan fingerprint density at radius 3 is 2.42 bits per heavy atom. The van der Waals surface area contributed by atoms with E-state index in [1.54, 1.807) is 24.3 Å². The number of sulfonamides is 1. The number of ether oxygens (including phenoxy) is 3. The van der Waals surface area contributed by atoms with E-state index in [1.807, 2.05) is 0 Å². The fraction of sp³-hybridized carbons (Fsp3) is 0.318. The van der Waals surface area contributed by atoms with Crippen molar-refractivity contribution in [2.75, 3.05) is 39.4 Å². The number of alkyl halides is 2. The zero-order valence-electron chi connectivity index (χ0n) is 17.5. The minimum atomic E-state index is -3.76. The summed E-state index contributed by atoms with van der Waals surface area (Å²) in [5, 5.41) is 0. The van der Waals surface area contributed by atoms with E-state index in [0.29, 0.717) is 30.3 Å². The predicted octanol–water partition coefficient (Wildman–Crippen LogP) is 2.61. The number of nitrogens with zero attached hydrogens (tertiary/aromatic N) is 2. The van der Waals surface area contributed by atoms with E-state index in [0.717, 1.165) is 0 Å². The van der Waals surface area contributed by atoms with Crippen molar-refractivity contribution in [2.45, 2.75) is 11.5 Å². The minimum absolute atomic E-state index is 0.0353. The number of para-hydroxylation sites is 1. The van der Waals surface area contributed by atoms with Crippen molar-refractivity contribution in [1.29, 1.82) is 0 Å². The first kappa shape index (κ1) is 23.0. The third-order valence-corrected chi connectivity index (χ3v) is 7.14. The third kappa shape index (κ3) is 5.25. The van der Waals surface area contributed by atoms with Gasteiger partial charge in [0.05, 0.1) is 4.90 Å². The summed E-state index contributed by atoms with van der Waals surface area (Å²) in [7, 11) is -3.76. The molecule has 8 nitrogen and oxygen atoms in total. The van der Waals surface area contributed by atoms with Crippen LogP contribution >= 0.6 is 0 Å². The van der Waals surface area contributed by atoms with Crippen molar-refractivity contribution >= 4 is 22.0 Å². The van der Waals surface area contributed by atoms with Crippen LogP contribution in [0.15, 0.2) is 53.4 Å². The summed E-state index contributed by atoms with van der Waals surface area (Å²) in [6.07, 6.45) is 2.66. The molecule has 0 spiro atoms. The maximum absolute atomic E-state index is 13.0. The standard InChI is InChI=1S/C22H22F2N2O6S/c23-22(24)32-18-4-2-1-3-16(18)5-8-21(27)25-9-11-26(12-10-25)33(28,29)17-6-7-19-20(15-17)31-14-13-30-19/h1-8,15,22H,9-14H2/b8-5+. The van der Waals surface area contributed by atoms with Crippen molar-refractivity contribution in [3.63, 3.8) is 0 Å². The highest BCUT2D eigenvalue weighted by Gasteiger charge is 2.30. The first-order valence-corrected chi connectivity index (χ1v) is 11.7. The Hall–Kier alpha value is -3.18. The molecule has 11 heteroatoms. The highest BCUT2D eigenvalue weighted by molar-refractivity contribution is 7.89. The first-order chi connectivity index (χ1) is 15.8. The Labute approximate surface area is 190 Å². The second-order valence-electron chi connectivity index (χ2n) is 7.28. The summed E-state index contributed by atoms with van der Waals surface area (Å²) in [5.41, 5.74) is 0.339. The highest BCUT2D eigenvalue weighted by Crippen LogP contribution is 2.33. The van der Waals surface area contributed by atoms with Gasteiger partial charge in [0.25, 0.3) is 0 Å². The second kappa shape index (κ2) is 9.75. The second-order valence-corrected chi connectivity index (χ2v) is 9.22. The van der Waals surface area contributed by atoms with Crippen molar-refractivity contribution in [3.05, 3.63) is 54.1 Å². The molecule has 0 aromatic heterocycles. The number of benzene rings is 2. The number of hydrogen-bond donors (Lipinski definition) is 0. The van der Waals surface area contributed by atoms with Gasteiger partial charge >= 0.3 is 6.61 Å². The number of halogens is 2. The molecule has 0 saturated carbocycles. The molecule has 1 amide bonds. The van der Waals surface area contributed by atoms with E-state index in [1.165, 1.54) is 39.6 Å². The summed E-state index contributed by atoms with van der Waals surface area (Å²) in [4.78, 5) is 14.1. The maximum Gasteiger partial charge on any atom is 0.387 e. The molecule has 1 saturated heterocycles. The average Bonchev–Trinajstić information content (AvgIpc) is 2.82. The Morgan fingerprint density at radius 1 is 1.00 bits per heavy atom. The Bertz CT molecular complexity index is 1150. The maximum atomic E-state index is 13.0. The van der Waals surface area contributed by atoms with Crippen molar-refractivity contribution in [3.8, 4) is 17.2 Å². The van der Waals surface area contributed by atoms with Crippen LogP contribution in [0, 0.1) is 0 Å². The number of piperazine rings is 1. The Balaban J connectivity index is 1.39. The Kier molecular flexibility index (Phi) is 6.80. The molecule has 0 bridgehead atoms. The van der Waals surface area contributed by atoms with Crippen LogP contribution in [0.3, 0.4) is 0 Å². The lowest BCUT2D eigenvalue weighted by Gasteiger charge is -2.33. The van der Waals surface area contributed by atoms with Crippen LogP contribution in [0.4, 0.5) is 8.78 Å². The number of hydrogen-bond acceptors (Lipinski definition) is 6. The van der Waals surface area contributed by atoms with Crippen LogP contribution in [0.25, 0.3) is 6.08 Å². The molecule has 2 aromatic rings. The minimum Gasteiger partial charge on any atom is -0.486 e. The van der Waals surface area contributed by atoms with Gasteiger partial charge in [-0.15, -0.1) is 0 Å². The smallest absolute Gasteiger partial charge is 0.387 e. The van der Waals surface area contributed by atoms with Gasteiger partial charge in [-0.2, -0.15) is 13.1 Å². The van der Waals surface area contributed by atoms with E-state index >= 15 is 0 Å². The van der Waals surface area contributed by atoms with Crippen molar-refractivity contribution < 1.29 is 36.2 Å². The summed E-state index contributed by atoms with van der Waals surface area (Å²) in [6, 6.07) is 10.6. The fourth-order valence-corrected chi connectivity index (χ4v) is 5.01. The lowest BCUT2D eigenvalue weighted by atomic mass is 10.2. The number of carbonyl (C=O) groups is 1. The number of fused-ring (bicyclic) bond motifs is 1. The van der Waals surface area contributed by atoms with Crippen LogP contribution in [-0.4, -0.2) is 69.5 Å². The van der Waals surface area contributed by atoms with Gasteiger partial charge in [0.2, 0.25) is 15.9 Å². The largest absolute Gasteiger partial charge is 0.486 e. The zero-order valence-corrected chi connectivity index (χ0v) is 18.3. The van der Waals surface area contributed by atoms with Crippen LogP contribution in [0.5, 0.6) is 17.2 Å². The molecule has 1 fully saturated rings. The van der Waals surface area contributed by atoms with E-state index < -0.39 is 16.6 Å². The van der Waals surface area contributed by atoms with Crippen LogP contribution < -0.4 is 14.2 Å². The fourth-order valence-electron chi connectivity index (χ4n) is 3.57. The summed E-state index contributed by atoms with van der Waals surface area (Å²) in [6.45, 7) is -1.56. The molecule has 176 valence electrons. The van der Waals surface area contributed by atoms with E-state index in [2.05, 4.69) is 4.74 Å². The number of rotatable bonds is 6. The van der Waals surface area contributed by atoms with Gasteiger partial charge < -0.3 is 19.1 Å². The van der Waals surface area contributed by atoms with Crippen molar-refractivity contribution in [2.24, 2.45) is 0 Å². The van der Waals surface area contributed by atoms with Gasteiger partial charge in [0, 0.05) is 43.9 Å². The van der Waals surface area contributed by atoms with Gasteiger partial charge in [-0.3, -0.25) is 4.79 Å². The molecule has 0 unspecified atom stereocenters.